The van der Waals surface area contributed by atoms with Gasteiger partial charge in [-0.15, -0.1) is 0 Å². The smallest absolute Gasteiger partial charge is 0.123 e. The third-order valence-electron chi connectivity index (χ3n) is 2.41. The highest BCUT2D eigenvalue weighted by molar-refractivity contribution is 7.98. The van der Waals surface area contributed by atoms with E-state index in [0.717, 1.165) is 23.9 Å². The highest BCUT2D eigenvalue weighted by atomic mass is 32.2. The maximum absolute atomic E-state index is 6.04. The highest BCUT2D eigenvalue weighted by Gasteiger charge is 2.19. The lowest BCUT2D eigenvalue weighted by atomic mass is 10.0. The van der Waals surface area contributed by atoms with Crippen molar-refractivity contribution in [3.8, 4) is 5.75 Å². The van der Waals surface area contributed by atoms with Crippen LogP contribution in [0.1, 0.15) is 24.1 Å². The molecule has 0 saturated heterocycles. The van der Waals surface area contributed by atoms with E-state index < -0.39 is 0 Å². The largest absolute Gasteiger partial charge is 0.494 e. The Kier molecular flexibility index (Phi) is 2.99. The Labute approximate surface area is 88.8 Å². The number of fused-ring (bicyclic) bond motifs is 1. The lowest BCUT2D eigenvalue weighted by molar-refractivity contribution is 0.337. The van der Waals surface area contributed by atoms with Gasteiger partial charge in [0.2, 0.25) is 0 Å². The fourth-order valence-corrected chi connectivity index (χ4v) is 2.82. The van der Waals surface area contributed by atoms with Crippen LogP contribution in [0.3, 0.4) is 0 Å². The number of nitrogens with two attached hydrogens (primary N) is 1. The van der Waals surface area contributed by atoms with E-state index in [0.29, 0.717) is 0 Å². The second-order valence-electron chi connectivity index (χ2n) is 3.38. The van der Waals surface area contributed by atoms with Crippen LogP contribution in [0, 0.1) is 0 Å². The third-order valence-corrected chi connectivity index (χ3v) is 3.50. The second kappa shape index (κ2) is 4.24. The van der Waals surface area contributed by atoms with Crippen molar-refractivity contribution in [2.75, 3.05) is 12.4 Å². The van der Waals surface area contributed by atoms with Gasteiger partial charge in [-0.3, -0.25) is 0 Å². The van der Waals surface area contributed by atoms with E-state index in [1.807, 2.05) is 30.8 Å². The Morgan fingerprint density at radius 3 is 3.21 bits per heavy atom. The number of benzene rings is 1. The van der Waals surface area contributed by atoms with Crippen molar-refractivity contribution < 1.29 is 4.74 Å². The van der Waals surface area contributed by atoms with E-state index in [1.54, 1.807) is 0 Å². The van der Waals surface area contributed by atoms with E-state index in [9.17, 15) is 0 Å². The molecule has 1 aliphatic rings. The highest BCUT2D eigenvalue weighted by Crippen LogP contribution is 2.35. The molecule has 14 heavy (non-hydrogen) atoms. The van der Waals surface area contributed by atoms with Crippen LogP contribution in [-0.4, -0.2) is 12.4 Å². The SMILES string of the molecule is CCOc1cccc2c1CSC[C@@H]2N. The summed E-state index contributed by atoms with van der Waals surface area (Å²) in [5, 5.41) is 0. The van der Waals surface area contributed by atoms with Crippen molar-refractivity contribution >= 4 is 11.8 Å². The quantitative estimate of drug-likeness (QED) is 0.812. The Bertz CT molecular complexity index is 327. The fraction of sp³-hybridized carbons (Fsp3) is 0.455. The van der Waals surface area contributed by atoms with Crippen LogP contribution < -0.4 is 10.5 Å². The van der Waals surface area contributed by atoms with Gasteiger partial charge in [-0.1, -0.05) is 12.1 Å². The van der Waals surface area contributed by atoms with Crippen molar-refractivity contribution in [2.45, 2.75) is 18.7 Å². The Morgan fingerprint density at radius 1 is 1.57 bits per heavy atom. The Balaban J connectivity index is 2.39. The molecule has 0 fully saturated rings. The van der Waals surface area contributed by atoms with Crippen LogP contribution in [0.4, 0.5) is 0 Å². The molecule has 1 aromatic rings. The molecule has 2 rings (SSSR count). The van der Waals surface area contributed by atoms with E-state index >= 15 is 0 Å². The molecule has 3 heteroatoms. The van der Waals surface area contributed by atoms with Gasteiger partial charge in [0, 0.05) is 23.1 Å². The molecule has 0 unspecified atom stereocenters. The summed E-state index contributed by atoms with van der Waals surface area (Å²) in [4.78, 5) is 0. The zero-order chi connectivity index (χ0) is 9.97. The molecular formula is C11H15NOS. The summed E-state index contributed by atoms with van der Waals surface area (Å²) in [5.74, 6) is 3.05. The van der Waals surface area contributed by atoms with Gasteiger partial charge in [-0.05, 0) is 18.6 Å². The van der Waals surface area contributed by atoms with Crippen LogP contribution in [0.2, 0.25) is 0 Å². The normalized spacial score (nSPS) is 20.3. The summed E-state index contributed by atoms with van der Waals surface area (Å²) in [7, 11) is 0. The Hall–Kier alpha value is -0.670. The number of hydrogen-bond acceptors (Lipinski definition) is 3. The van der Waals surface area contributed by atoms with Crippen LogP contribution >= 0.6 is 11.8 Å². The number of ether oxygens (including phenoxy) is 1. The van der Waals surface area contributed by atoms with Crippen LogP contribution in [0.25, 0.3) is 0 Å². The molecule has 2 N–H and O–H groups in total. The Morgan fingerprint density at radius 2 is 2.43 bits per heavy atom. The predicted octanol–water partition coefficient (Wildman–Crippen LogP) is 2.33. The monoisotopic (exact) mass is 209 g/mol. The van der Waals surface area contributed by atoms with Gasteiger partial charge in [-0.25, -0.2) is 0 Å². The van der Waals surface area contributed by atoms with Gasteiger partial charge in [0.05, 0.1) is 6.61 Å². The summed E-state index contributed by atoms with van der Waals surface area (Å²) in [6, 6.07) is 6.34. The van der Waals surface area contributed by atoms with Crippen LogP contribution in [-0.2, 0) is 5.75 Å². The van der Waals surface area contributed by atoms with Crippen LogP contribution in [0.5, 0.6) is 5.75 Å². The molecule has 0 saturated carbocycles. The zero-order valence-corrected chi connectivity index (χ0v) is 9.14. The molecular weight excluding hydrogens is 194 g/mol. The van der Waals surface area contributed by atoms with E-state index in [4.69, 9.17) is 10.5 Å². The van der Waals surface area contributed by atoms with Crippen molar-refractivity contribution in [1.82, 2.24) is 0 Å². The van der Waals surface area contributed by atoms with Crippen molar-refractivity contribution in [3.05, 3.63) is 29.3 Å². The minimum absolute atomic E-state index is 0.171. The average molecular weight is 209 g/mol. The van der Waals surface area contributed by atoms with Gasteiger partial charge in [0.15, 0.2) is 0 Å². The molecule has 0 aliphatic carbocycles. The topological polar surface area (TPSA) is 35.2 Å². The first-order chi connectivity index (χ1) is 6.83. The molecule has 1 aromatic carbocycles. The molecule has 1 heterocycles. The minimum atomic E-state index is 0.171. The molecule has 0 spiro atoms. The van der Waals surface area contributed by atoms with Gasteiger partial charge in [0.1, 0.15) is 5.75 Å². The van der Waals surface area contributed by atoms with Crippen molar-refractivity contribution in [2.24, 2.45) is 5.73 Å². The number of thioether (sulfide) groups is 1. The van der Waals surface area contributed by atoms with Crippen LogP contribution in [0.15, 0.2) is 18.2 Å². The van der Waals surface area contributed by atoms with Gasteiger partial charge in [-0.2, -0.15) is 11.8 Å². The maximum atomic E-state index is 6.04. The molecule has 1 aliphatic heterocycles. The summed E-state index contributed by atoms with van der Waals surface area (Å²) in [6.45, 7) is 2.73. The first-order valence-corrected chi connectivity index (χ1v) is 6.06. The lowest BCUT2D eigenvalue weighted by Gasteiger charge is -2.23. The summed E-state index contributed by atoms with van der Waals surface area (Å²) in [6.07, 6.45) is 0. The van der Waals surface area contributed by atoms with E-state index in [1.165, 1.54) is 11.1 Å². The zero-order valence-electron chi connectivity index (χ0n) is 8.32. The average Bonchev–Trinajstić information content (AvgIpc) is 2.20. The van der Waals surface area contributed by atoms with E-state index in [-0.39, 0.29) is 6.04 Å². The molecule has 1 atom stereocenters. The standard InChI is InChI=1S/C11H15NOS/c1-2-13-11-5-3-4-8-9(11)6-14-7-10(8)12/h3-5,10H,2,6-7,12H2,1H3/t10-/m0/s1. The summed E-state index contributed by atoms with van der Waals surface area (Å²) < 4.78 is 5.58. The molecule has 0 bridgehead atoms. The lowest BCUT2D eigenvalue weighted by Crippen LogP contribution is -2.19. The molecule has 0 aromatic heterocycles. The molecule has 0 radical (unpaired) electrons. The summed E-state index contributed by atoms with van der Waals surface area (Å²) >= 11 is 1.88. The van der Waals surface area contributed by atoms with Crippen molar-refractivity contribution in [3.63, 3.8) is 0 Å². The number of rotatable bonds is 2. The van der Waals surface area contributed by atoms with Gasteiger partial charge < -0.3 is 10.5 Å². The molecule has 2 nitrogen and oxygen atoms in total. The fourth-order valence-electron chi connectivity index (χ4n) is 1.75. The molecule has 0 amide bonds. The maximum Gasteiger partial charge on any atom is 0.123 e. The van der Waals surface area contributed by atoms with Gasteiger partial charge >= 0.3 is 0 Å². The first-order valence-electron chi connectivity index (χ1n) is 4.91. The molecule has 76 valence electrons. The third kappa shape index (κ3) is 1.74. The number of hydrogen-bond donors (Lipinski definition) is 1. The van der Waals surface area contributed by atoms with Gasteiger partial charge in [0.25, 0.3) is 0 Å². The minimum Gasteiger partial charge on any atom is -0.494 e. The second-order valence-corrected chi connectivity index (χ2v) is 4.41. The predicted molar refractivity (Wildman–Crippen MR) is 60.7 cm³/mol. The first kappa shape index (κ1) is 9.87. The van der Waals surface area contributed by atoms with Crippen molar-refractivity contribution in [1.29, 1.82) is 0 Å². The van der Waals surface area contributed by atoms with E-state index in [2.05, 4.69) is 6.07 Å². The summed E-state index contributed by atoms with van der Waals surface area (Å²) in [5.41, 5.74) is 8.58.